The molecule has 0 radical (unpaired) electrons. The van der Waals surface area contributed by atoms with Crippen LogP contribution in [0.1, 0.15) is 16.2 Å². The monoisotopic (exact) mass is 169 g/mol. The van der Waals surface area contributed by atoms with Crippen molar-refractivity contribution < 1.29 is 4.79 Å². The zero-order valence-electron chi connectivity index (χ0n) is 5.71. The molecule has 0 atom stereocenters. The van der Waals surface area contributed by atoms with Crippen molar-refractivity contribution in [2.75, 3.05) is 0 Å². The van der Waals surface area contributed by atoms with Crippen LogP contribution in [-0.2, 0) is 7.05 Å². The van der Waals surface area contributed by atoms with Gasteiger partial charge in [0.2, 0.25) is 0 Å². The van der Waals surface area contributed by atoms with Crippen LogP contribution < -0.4 is 0 Å². The third-order valence-corrected chi connectivity index (χ3v) is 1.41. The number of halogens is 1. The molecule has 4 nitrogen and oxygen atoms in total. The molecule has 0 saturated carbocycles. The Morgan fingerprint density at radius 1 is 1.91 bits per heavy atom. The first-order chi connectivity index (χ1) is 5.16. The molecule has 0 aromatic carbocycles. The zero-order valence-corrected chi connectivity index (χ0v) is 6.46. The summed E-state index contributed by atoms with van der Waals surface area (Å²) in [7, 11) is 1.60. The fourth-order valence-electron chi connectivity index (χ4n) is 0.744. The van der Waals surface area contributed by atoms with E-state index in [1.807, 2.05) is 0 Å². The van der Waals surface area contributed by atoms with Gasteiger partial charge in [-0.25, -0.2) is 4.98 Å². The molecule has 11 heavy (non-hydrogen) atoms. The van der Waals surface area contributed by atoms with E-state index in [9.17, 15) is 4.79 Å². The maximum absolute atomic E-state index is 10.7. The number of hydrogen-bond acceptors (Lipinski definition) is 3. The van der Waals surface area contributed by atoms with Crippen LogP contribution in [-0.4, -0.2) is 14.8 Å². The summed E-state index contributed by atoms with van der Waals surface area (Å²) >= 11 is 5.18. The third-order valence-electron chi connectivity index (χ3n) is 1.23. The fraction of sp³-hybridized carbons (Fsp3) is 0.167. The maximum atomic E-state index is 10.7. The zero-order chi connectivity index (χ0) is 8.43. The lowest BCUT2D eigenvalue weighted by molar-refractivity contribution is 0.107. The van der Waals surface area contributed by atoms with Crippen molar-refractivity contribution in [2.24, 2.45) is 7.05 Å². The Morgan fingerprint density at radius 2 is 2.55 bits per heavy atom. The summed E-state index contributed by atoms with van der Waals surface area (Å²) in [5, 5.41) is 7.78. The van der Waals surface area contributed by atoms with Crippen molar-refractivity contribution in [1.82, 2.24) is 9.55 Å². The van der Waals surface area contributed by atoms with Gasteiger partial charge in [-0.1, -0.05) is 0 Å². The van der Waals surface area contributed by atoms with Gasteiger partial charge >= 0.3 is 0 Å². The maximum Gasteiger partial charge on any atom is 0.271 e. The summed E-state index contributed by atoms with van der Waals surface area (Å²) in [4.78, 5) is 14.3. The van der Waals surface area contributed by atoms with E-state index in [4.69, 9.17) is 16.9 Å². The summed E-state index contributed by atoms with van der Waals surface area (Å²) in [5.41, 5.74) is 0.196. The molecule has 1 aromatic rings. The van der Waals surface area contributed by atoms with Gasteiger partial charge in [0.05, 0.1) is 6.33 Å². The predicted octanol–water partition coefficient (Wildman–Crippen LogP) is 0.671. The number of nitrogens with zero attached hydrogens (tertiary/aromatic N) is 3. The molecule has 56 valence electrons. The highest BCUT2D eigenvalue weighted by atomic mass is 35.5. The van der Waals surface area contributed by atoms with Crippen LogP contribution in [0.5, 0.6) is 0 Å². The molecule has 1 aromatic heterocycles. The average molecular weight is 170 g/mol. The normalized spacial score (nSPS) is 9.18. The molecule has 0 saturated heterocycles. The summed E-state index contributed by atoms with van der Waals surface area (Å²) < 4.78 is 1.41. The Bertz CT molecular complexity index is 336. The number of carbonyl (C=O) groups excluding carboxylic acids is 1. The van der Waals surface area contributed by atoms with Gasteiger partial charge in [-0.2, -0.15) is 5.26 Å². The van der Waals surface area contributed by atoms with Crippen LogP contribution in [0.25, 0.3) is 0 Å². The Balaban J connectivity index is 3.32. The van der Waals surface area contributed by atoms with Crippen LogP contribution in [0.3, 0.4) is 0 Å². The second kappa shape index (κ2) is 2.72. The predicted molar refractivity (Wildman–Crippen MR) is 38.1 cm³/mol. The number of aromatic nitrogens is 2. The van der Waals surface area contributed by atoms with Crippen LogP contribution in [0.15, 0.2) is 6.33 Å². The van der Waals surface area contributed by atoms with E-state index in [-0.39, 0.29) is 11.4 Å². The van der Waals surface area contributed by atoms with E-state index in [0.29, 0.717) is 0 Å². The van der Waals surface area contributed by atoms with Gasteiger partial charge in [-0.15, -0.1) is 0 Å². The Hall–Kier alpha value is -1.34. The molecule has 0 aliphatic heterocycles. The van der Waals surface area contributed by atoms with Gasteiger partial charge in [-0.05, 0) is 11.6 Å². The minimum atomic E-state index is -0.665. The highest BCUT2D eigenvalue weighted by Gasteiger charge is 2.13. The second-order valence-corrected chi connectivity index (χ2v) is 2.28. The van der Waals surface area contributed by atoms with Gasteiger partial charge < -0.3 is 4.57 Å². The smallest absolute Gasteiger partial charge is 0.271 e. The van der Waals surface area contributed by atoms with E-state index in [1.165, 1.54) is 10.9 Å². The Morgan fingerprint density at radius 3 is 2.91 bits per heavy atom. The molecular weight excluding hydrogens is 166 g/mol. The van der Waals surface area contributed by atoms with E-state index in [2.05, 4.69) is 4.98 Å². The highest BCUT2D eigenvalue weighted by molar-refractivity contribution is 6.67. The minimum absolute atomic E-state index is 0.0625. The summed E-state index contributed by atoms with van der Waals surface area (Å²) in [6, 6.07) is 1.76. The van der Waals surface area contributed by atoms with Crippen LogP contribution in [0.2, 0.25) is 0 Å². The molecule has 0 spiro atoms. The lowest BCUT2D eigenvalue weighted by Crippen LogP contribution is -2.00. The van der Waals surface area contributed by atoms with Crippen molar-refractivity contribution in [3.05, 3.63) is 17.7 Å². The summed E-state index contributed by atoms with van der Waals surface area (Å²) in [6.07, 6.45) is 1.37. The molecule has 0 amide bonds. The van der Waals surface area contributed by atoms with Gasteiger partial charge in [0.1, 0.15) is 11.8 Å². The van der Waals surface area contributed by atoms with E-state index >= 15 is 0 Å². The Kier molecular flexibility index (Phi) is 1.92. The summed E-state index contributed by atoms with van der Waals surface area (Å²) in [5.74, 6) is 0. The minimum Gasteiger partial charge on any atom is -0.329 e. The standard InChI is InChI=1S/C6H4ClN3O/c1-10-3-9-4(2-8)5(10)6(7)11/h3H,1H3. The number of imidazole rings is 1. The first-order valence-corrected chi connectivity index (χ1v) is 3.16. The van der Waals surface area contributed by atoms with Crippen LogP contribution in [0.4, 0.5) is 0 Å². The largest absolute Gasteiger partial charge is 0.329 e. The van der Waals surface area contributed by atoms with Gasteiger partial charge in [-0.3, -0.25) is 4.79 Å². The van der Waals surface area contributed by atoms with E-state index < -0.39 is 5.24 Å². The number of carbonyl (C=O) groups is 1. The number of hydrogen-bond donors (Lipinski definition) is 0. The number of nitriles is 1. The molecule has 1 rings (SSSR count). The fourth-order valence-corrected chi connectivity index (χ4v) is 0.967. The first kappa shape index (κ1) is 7.76. The van der Waals surface area contributed by atoms with Crippen molar-refractivity contribution in [1.29, 1.82) is 5.26 Å². The molecule has 0 N–H and O–H groups in total. The van der Waals surface area contributed by atoms with Crippen molar-refractivity contribution in [2.45, 2.75) is 0 Å². The highest BCUT2D eigenvalue weighted by Crippen LogP contribution is 2.07. The molecule has 1 heterocycles. The lowest BCUT2D eigenvalue weighted by Gasteiger charge is -1.92. The quantitative estimate of drug-likeness (QED) is 0.581. The van der Waals surface area contributed by atoms with Crippen molar-refractivity contribution in [3.8, 4) is 6.07 Å². The average Bonchev–Trinajstić information content (AvgIpc) is 2.30. The SMILES string of the molecule is Cn1cnc(C#N)c1C(=O)Cl. The van der Waals surface area contributed by atoms with Crippen LogP contribution in [0, 0.1) is 11.3 Å². The van der Waals surface area contributed by atoms with Crippen molar-refractivity contribution >= 4 is 16.8 Å². The van der Waals surface area contributed by atoms with Gasteiger partial charge in [0.15, 0.2) is 5.69 Å². The third kappa shape index (κ3) is 1.23. The summed E-state index contributed by atoms with van der Waals surface area (Å²) in [6.45, 7) is 0. The van der Waals surface area contributed by atoms with E-state index in [0.717, 1.165) is 0 Å². The second-order valence-electron chi connectivity index (χ2n) is 1.94. The lowest BCUT2D eigenvalue weighted by atomic mass is 10.3. The van der Waals surface area contributed by atoms with Gasteiger partial charge in [0, 0.05) is 7.05 Å². The molecule has 0 aliphatic rings. The number of rotatable bonds is 1. The Labute approximate surface area is 68.0 Å². The number of aryl methyl sites for hydroxylation is 1. The molecule has 0 bridgehead atoms. The van der Waals surface area contributed by atoms with Crippen LogP contribution >= 0.6 is 11.6 Å². The molecule has 0 unspecified atom stereocenters. The molecular formula is C6H4ClN3O. The topological polar surface area (TPSA) is 58.7 Å². The first-order valence-electron chi connectivity index (χ1n) is 2.78. The van der Waals surface area contributed by atoms with Crippen molar-refractivity contribution in [3.63, 3.8) is 0 Å². The van der Waals surface area contributed by atoms with Gasteiger partial charge in [0.25, 0.3) is 5.24 Å². The molecule has 5 heteroatoms. The molecule has 0 fully saturated rings. The molecule has 0 aliphatic carbocycles. The van der Waals surface area contributed by atoms with E-state index in [1.54, 1.807) is 13.1 Å².